The van der Waals surface area contributed by atoms with Crippen molar-refractivity contribution in [2.45, 2.75) is 20.4 Å². The molecule has 2 rings (SSSR count). The summed E-state index contributed by atoms with van der Waals surface area (Å²) in [7, 11) is 3.36. The summed E-state index contributed by atoms with van der Waals surface area (Å²) >= 11 is 0. The summed E-state index contributed by atoms with van der Waals surface area (Å²) in [6.07, 6.45) is 0. The zero-order valence-corrected chi connectivity index (χ0v) is 15.8. The van der Waals surface area contributed by atoms with Gasteiger partial charge in [0.15, 0.2) is 17.5 Å². The first kappa shape index (κ1) is 19.4. The van der Waals surface area contributed by atoms with E-state index < -0.39 is 0 Å². The van der Waals surface area contributed by atoms with Gasteiger partial charge in [0.2, 0.25) is 0 Å². The number of anilines is 1. The number of hydrogen-bond donors (Lipinski definition) is 2. The molecule has 0 saturated carbocycles. The molecule has 0 bridgehead atoms. The van der Waals surface area contributed by atoms with Crippen molar-refractivity contribution in [2.24, 2.45) is 4.99 Å². The molecule has 26 heavy (non-hydrogen) atoms. The SMILES string of the molecule is CCOc1cccc(CNC(=NC)Nc2ccc(OC)c(OCC)c2)c1. The zero-order valence-electron chi connectivity index (χ0n) is 15.8. The topological polar surface area (TPSA) is 64.1 Å². The van der Waals surface area contributed by atoms with Crippen LogP contribution in [0.25, 0.3) is 0 Å². The van der Waals surface area contributed by atoms with E-state index in [4.69, 9.17) is 14.2 Å². The Hall–Kier alpha value is -2.89. The Kier molecular flexibility index (Phi) is 7.61. The van der Waals surface area contributed by atoms with Gasteiger partial charge in [-0.25, -0.2) is 0 Å². The molecule has 0 spiro atoms. The average Bonchev–Trinajstić information content (AvgIpc) is 2.66. The standard InChI is InChI=1S/C20H27N3O3/c1-5-25-17-9-7-8-15(12-17)14-22-20(21-3)23-16-10-11-18(24-4)19(13-16)26-6-2/h7-13H,5-6,14H2,1-4H3,(H2,21,22,23). The van der Waals surface area contributed by atoms with Gasteiger partial charge in [0.05, 0.1) is 20.3 Å². The molecule has 6 heteroatoms. The van der Waals surface area contributed by atoms with E-state index in [9.17, 15) is 0 Å². The molecule has 140 valence electrons. The van der Waals surface area contributed by atoms with Crippen LogP contribution in [0.15, 0.2) is 47.5 Å². The minimum absolute atomic E-state index is 0.572. The van der Waals surface area contributed by atoms with Gasteiger partial charge in [-0.1, -0.05) is 12.1 Å². The molecule has 0 unspecified atom stereocenters. The first-order valence-electron chi connectivity index (χ1n) is 8.70. The second kappa shape index (κ2) is 10.2. The third-order valence-electron chi connectivity index (χ3n) is 3.62. The molecular formula is C20H27N3O3. The quantitative estimate of drug-likeness (QED) is 0.557. The molecular weight excluding hydrogens is 330 g/mol. The van der Waals surface area contributed by atoms with Crippen LogP contribution in [0.1, 0.15) is 19.4 Å². The third kappa shape index (κ3) is 5.58. The highest BCUT2D eigenvalue weighted by Gasteiger charge is 2.07. The van der Waals surface area contributed by atoms with Gasteiger partial charge in [0.1, 0.15) is 5.75 Å². The molecule has 6 nitrogen and oxygen atoms in total. The van der Waals surface area contributed by atoms with E-state index >= 15 is 0 Å². The first-order chi connectivity index (χ1) is 12.7. The summed E-state index contributed by atoms with van der Waals surface area (Å²) < 4.78 is 16.5. The predicted molar refractivity (Wildman–Crippen MR) is 106 cm³/mol. The summed E-state index contributed by atoms with van der Waals surface area (Å²) in [4.78, 5) is 4.27. The second-order valence-electron chi connectivity index (χ2n) is 5.43. The van der Waals surface area contributed by atoms with Gasteiger partial charge in [-0.15, -0.1) is 0 Å². The average molecular weight is 357 g/mol. The van der Waals surface area contributed by atoms with Crippen molar-refractivity contribution in [2.75, 3.05) is 32.7 Å². The van der Waals surface area contributed by atoms with Crippen LogP contribution in [-0.2, 0) is 6.54 Å². The van der Waals surface area contributed by atoms with E-state index in [2.05, 4.69) is 15.6 Å². The van der Waals surface area contributed by atoms with Crippen molar-refractivity contribution in [3.63, 3.8) is 0 Å². The molecule has 0 atom stereocenters. The van der Waals surface area contributed by atoms with E-state index in [1.165, 1.54) is 0 Å². The monoisotopic (exact) mass is 357 g/mol. The molecule has 0 aromatic heterocycles. The summed E-state index contributed by atoms with van der Waals surface area (Å²) in [5.41, 5.74) is 1.98. The predicted octanol–water partition coefficient (Wildman–Crippen LogP) is 3.68. The van der Waals surface area contributed by atoms with Crippen LogP contribution >= 0.6 is 0 Å². The van der Waals surface area contributed by atoms with E-state index in [1.54, 1.807) is 14.2 Å². The largest absolute Gasteiger partial charge is 0.494 e. The summed E-state index contributed by atoms with van der Waals surface area (Å²) in [6, 6.07) is 13.7. The van der Waals surface area contributed by atoms with E-state index in [0.29, 0.717) is 37.2 Å². The fourth-order valence-electron chi connectivity index (χ4n) is 2.44. The highest BCUT2D eigenvalue weighted by Crippen LogP contribution is 2.30. The number of aliphatic imine (C=N–C) groups is 1. The van der Waals surface area contributed by atoms with Gasteiger partial charge in [0, 0.05) is 25.3 Å². The molecule has 2 N–H and O–H groups in total. The smallest absolute Gasteiger partial charge is 0.195 e. The minimum atomic E-state index is 0.572. The van der Waals surface area contributed by atoms with Crippen molar-refractivity contribution < 1.29 is 14.2 Å². The van der Waals surface area contributed by atoms with Crippen molar-refractivity contribution in [3.05, 3.63) is 48.0 Å². The lowest BCUT2D eigenvalue weighted by Crippen LogP contribution is -2.30. The van der Waals surface area contributed by atoms with Gasteiger partial charge in [-0.3, -0.25) is 4.99 Å². The molecule has 0 aliphatic rings. The van der Waals surface area contributed by atoms with Crippen LogP contribution in [0.2, 0.25) is 0 Å². The highest BCUT2D eigenvalue weighted by atomic mass is 16.5. The van der Waals surface area contributed by atoms with Crippen LogP contribution in [0.3, 0.4) is 0 Å². The maximum absolute atomic E-state index is 5.61. The van der Waals surface area contributed by atoms with E-state index in [-0.39, 0.29) is 0 Å². The van der Waals surface area contributed by atoms with Crippen molar-refractivity contribution in [1.29, 1.82) is 0 Å². The van der Waals surface area contributed by atoms with Gasteiger partial charge >= 0.3 is 0 Å². The Labute approximate surface area is 155 Å². The number of rotatable bonds is 8. The van der Waals surface area contributed by atoms with Gasteiger partial charge in [-0.05, 0) is 43.7 Å². The summed E-state index contributed by atoms with van der Waals surface area (Å²) in [5, 5.41) is 6.56. The number of nitrogens with one attached hydrogen (secondary N) is 2. The van der Waals surface area contributed by atoms with Gasteiger partial charge in [0.25, 0.3) is 0 Å². The minimum Gasteiger partial charge on any atom is -0.494 e. The Morgan fingerprint density at radius 2 is 1.81 bits per heavy atom. The van der Waals surface area contributed by atoms with Gasteiger partial charge in [-0.2, -0.15) is 0 Å². The molecule has 0 radical (unpaired) electrons. The summed E-state index contributed by atoms with van der Waals surface area (Å²) in [6.45, 7) is 5.77. The maximum atomic E-state index is 5.61. The fraction of sp³-hybridized carbons (Fsp3) is 0.350. The number of methoxy groups -OCH3 is 1. The number of benzene rings is 2. The van der Waals surface area contributed by atoms with E-state index in [0.717, 1.165) is 17.0 Å². The number of ether oxygens (including phenoxy) is 3. The van der Waals surface area contributed by atoms with Crippen LogP contribution < -0.4 is 24.8 Å². The number of guanidine groups is 1. The second-order valence-corrected chi connectivity index (χ2v) is 5.43. The van der Waals surface area contributed by atoms with Crippen LogP contribution in [0.4, 0.5) is 5.69 Å². The molecule has 2 aromatic carbocycles. The normalized spacial score (nSPS) is 11.0. The zero-order chi connectivity index (χ0) is 18.8. The molecule has 0 heterocycles. The molecule has 0 amide bonds. The van der Waals surface area contributed by atoms with Crippen molar-refractivity contribution in [1.82, 2.24) is 5.32 Å². The van der Waals surface area contributed by atoms with Crippen molar-refractivity contribution in [3.8, 4) is 17.2 Å². The highest BCUT2D eigenvalue weighted by molar-refractivity contribution is 5.93. The third-order valence-corrected chi connectivity index (χ3v) is 3.62. The fourth-order valence-corrected chi connectivity index (χ4v) is 2.44. The first-order valence-corrected chi connectivity index (χ1v) is 8.70. The summed E-state index contributed by atoms with van der Waals surface area (Å²) in [5.74, 6) is 2.93. The number of hydrogen-bond acceptors (Lipinski definition) is 4. The lowest BCUT2D eigenvalue weighted by atomic mass is 10.2. The Morgan fingerprint density at radius 3 is 2.50 bits per heavy atom. The molecule has 0 aliphatic heterocycles. The maximum Gasteiger partial charge on any atom is 0.195 e. The van der Waals surface area contributed by atoms with Crippen LogP contribution in [-0.4, -0.2) is 33.3 Å². The molecule has 0 fully saturated rings. The number of nitrogens with zero attached hydrogens (tertiary/aromatic N) is 1. The van der Waals surface area contributed by atoms with Crippen LogP contribution in [0, 0.1) is 0 Å². The van der Waals surface area contributed by atoms with Crippen LogP contribution in [0.5, 0.6) is 17.2 Å². The molecule has 0 saturated heterocycles. The van der Waals surface area contributed by atoms with Crippen molar-refractivity contribution >= 4 is 11.6 Å². The van der Waals surface area contributed by atoms with E-state index in [1.807, 2.05) is 56.3 Å². The lowest BCUT2D eigenvalue weighted by molar-refractivity contribution is 0.311. The lowest BCUT2D eigenvalue weighted by Gasteiger charge is -2.15. The Balaban J connectivity index is 2.01. The Bertz CT molecular complexity index is 732. The molecule has 0 aliphatic carbocycles. The molecule has 2 aromatic rings. The Morgan fingerprint density at radius 1 is 1.00 bits per heavy atom. The van der Waals surface area contributed by atoms with Gasteiger partial charge < -0.3 is 24.8 Å².